The Bertz CT molecular complexity index is 515. The van der Waals surface area contributed by atoms with Crippen LogP contribution in [0.2, 0.25) is 0 Å². The smallest absolute Gasteiger partial charge is 0.191 e. The first-order valence-electron chi connectivity index (χ1n) is 9.17. The maximum atomic E-state index is 5.64. The second-order valence-corrected chi connectivity index (χ2v) is 6.48. The minimum absolute atomic E-state index is 0. The molecule has 2 N–H and O–H groups in total. The van der Waals surface area contributed by atoms with Gasteiger partial charge in [-0.25, -0.2) is 4.99 Å². The van der Waals surface area contributed by atoms with Crippen molar-refractivity contribution in [3.8, 4) is 5.75 Å². The van der Waals surface area contributed by atoms with Crippen LogP contribution in [0.25, 0.3) is 0 Å². The number of pyridine rings is 1. The molecule has 0 amide bonds. The van der Waals surface area contributed by atoms with Crippen LogP contribution in [0.4, 0.5) is 0 Å². The summed E-state index contributed by atoms with van der Waals surface area (Å²) in [6, 6.07) is 5.20. The molecule has 0 atom stereocenters. The van der Waals surface area contributed by atoms with E-state index in [9.17, 15) is 0 Å². The first-order valence-corrected chi connectivity index (χ1v) is 9.17. The van der Waals surface area contributed by atoms with Gasteiger partial charge < -0.3 is 20.3 Å². The van der Waals surface area contributed by atoms with Gasteiger partial charge in [-0.3, -0.25) is 4.98 Å². The molecule has 1 saturated carbocycles. The van der Waals surface area contributed by atoms with Gasteiger partial charge in [-0.05, 0) is 44.7 Å². The summed E-state index contributed by atoms with van der Waals surface area (Å²) in [5.74, 6) is 1.69. The van der Waals surface area contributed by atoms with Crippen LogP contribution in [-0.2, 0) is 0 Å². The predicted octanol–water partition coefficient (Wildman–Crippen LogP) is 2.26. The lowest BCUT2D eigenvalue weighted by atomic mass is 10.1. The third-order valence-corrected chi connectivity index (χ3v) is 4.54. The molecule has 1 aliphatic carbocycles. The van der Waals surface area contributed by atoms with Crippen molar-refractivity contribution in [1.29, 1.82) is 0 Å². The number of hydrogen-bond donors (Lipinski definition) is 2. The number of guanidine groups is 1. The molecule has 1 aliphatic heterocycles. The van der Waals surface area contributed by atoms with E-state index in [1.807, 2.05) is 12.1 Å². The number of ether oxygens (including phenoxy) is 1. The number of aromatic nitrogens is 1. The predicted molar refractivity (Wildman–Crippen MR) is 112 cm³/mol. The van der Waals surface area contributed by atoms with E-state index < -0.39 is 0 Å². The Labute approximate surface area is 167 Å². The quantitative estimate of drug-likeness (QED) is 0.284. The Hall–Kier alpha value is -1.09. The molecule has 1 aromatic rings. The van der Waals surface area contributed by atoms with Gasteiger partial charge >= 0.3 is 0 Å². The van der Waals surface area contributed by atoms with Crippen molar-refractivity contribution in [3.63, 3.8) is 0 Å². The van der Waals surface area contributed by atoms with Crippen molar-refractivity contribution in [2.24, 2.45) is 4.99 Å². The molecule has 2 aliphatic rings. The third-order valence-electron chi connectivity index (χ3n) is 4.54. The molecule has 0 radical (unpaired) electrons. The molecule has 0 bridgehead atoms. The molecule has 1 aromatic heterocycles. The fourth-order valence-electron chi connectivity index (χ4n) is 3.12. The van der Waals surface area contributed by atoms with E-state index in [0.717, 1.165) is 24.3 Å². The van der Waals surface area contributed by atoms with Crippen molar-refractivity contribution in [1.82, 2.24) is 20.5 Å². The van der Waals surface area contributed by atoms with E-state index >= 15 is 0 Å². The lowest BCUT2D eigenvalue weighted by Gasteiger charge is -2.33. The summed E-state index contributed by atoms with van der Waals surface area (Å²) in [5, 5.41) is 6.91. The zero-order valence-electron chi connectivity index (χ0n) is 15.0. The van der Waals surface area contributed by atoms with Gasteiger partial charge in [-0.1, -0.05) is 0 Å². The Morgan fingerprint density at radius 1 is 1.32 bits per heavy atom. The second kappa shape index (κ2) is 10.8. The first kappa shape index (κ1) is 20.2. The monoisotopic (exact) mass is 459 g/mol. The number of halogens is 1. The summed E-state index contributed by atoms with van der Waals surface area (Å²) in [4.78, 5) is 11.3. The zero-order valence-corrected chi connectivity index (χ0v) is 17.3. The molecule has 7 heteroatoms. The number of hydrogen-bond acceptors (Lipinski definition) is 4. The molecule has 25 heavy (non-hydrogen) atoms. The van der Waals surface area contributed by atoms with Gasteiger partial charge in [0.25, 0.3) is 0 Å². The fraction of sp³-hybridized carbons (Fsp3) is 0.667. The van der Waals surface area contributed by atoms with E-state index in [0.29, 0.717) is 19.2 Å². The summed E-state index contributed by atoms with van der Waals surface area (Å²) in [7, 11) is 0. The Balaban J connectivity index is 0.00000225. The van der Waals surface area contributed by atoms with E-state index in [1.165, 1.54) is 38.8 Å². The maximum Gasteiger partial charge on any atom is 0.191 e. The highest BCUT2D eigenvalue weighted by Crippen LogP contribution is 2.29. The summed E-state index contributed by atoms with van der Waals surface area (Å²) in [5.41, 5.74) is 0. The van der Waals surface area contributed by atoms with Crippen LogP contribution >= 0.6 is 24.0 Å². The molecule has 6 nitrogen and oxygen atoms in total. The van der Waals surface area contributed by atoms with E-state index in [1.54, 1.807) is 12.4 Å². The van der Waals surface area contributed by atoms with Crippen LogP contribution in [0.15, 0.2) is 29.5 Å². The molecule has 0 aromatic carbocycles. The number of piperidine rings is 1. The highest BCUT2D eigenvalue weighted by Gasteiger charge is 2.31. The molecule has 2 heterocycles. The standard InChI is InChI=1S/C18H29N5O.HI/c1-2-20-18(21-10-13-24-17-4-3-9-19-14-17)22-15-7-11-23(12-8-15)16-5-6-16;/h3-4,9,14-16H,2,5-8,10-13H2,1H3,(H2,20,21,22);1H. The Morgan fingerprint density at radius 3 is 2.76 bits per heavy atom. The summed E-state index contributed by atoms with van der Waals surface area (Å²) < 4.78 is 5.64. The van der Waals surface area contributed by atoms with Gasteiger partial charge in [0.1, 0.15) is 12.4 Å². The van der Waals surface area contributed by atoms with Gasteiger partial charge in [0.2, 0.25) is 0 Å². The summed E-state index contributed by atoms with van der Waals surface area (Å²) in [6.07, 6.45) is 8.67. The highest BCUT2D eigenvalue weighted by molar-refractivity contribution is 14.0. The lowest BCUT2D eigenvalue weighted by molar-refractivity contribution is 0.197. The average Bonchev–Trinajstić information content (AvgIpc) is 3.45. The minimum Gasteiger partial charge on any atom is -0.490 e. The molecule has 140 valence electrons. The van der Waals surface area contributed by atoms with Crippen LogP contribution in [-0.4, -0.2) is 60.7 Å². The van der Waals surface area contributed by atoms with Gasteiger partial charge in [-0.15, -0.1) is 24.0 Å². The van der Waals surface area contributed by atoms with Crippen LogP contribution in [0.5, 0.6) is 5.75 Å². The van der Waals surface area contributed by atoms with Gasteiger partial charge in [0.05, 0.1) is 12.7 Å². The molecule has 3 rings (SSSR count). The van der Waals surface area contributed by atoms with Crippen molar-refractivity contribution in [2.75, 3.05) is 32.8 Å². The summed E-state index contributed by atoms with van der Waals surface area (Å²) in [6.45, 7) is 6.58. The second-order valence-electron chi connectivity index (χ2n) is 6.48. The van der Waals surface area contributed by atoms with Crippen LogP contribution < -0.4 is 15.4 Å². The van der Waals surface area contributed by atoms with Gasteiger partial charge in [0.15, 0.2) is 5.96 Å². The van der Waals surface area contributed by atoms with E-state index in [-0.39, 0.29) is 24.0 Å². The zero-order chi connectivity index (χ0) is 16.6. The molecule has 0 unspecified atom stereocenters. The number of rotatable bonds is 7. The van der Waals surface area contributed by atoms with Crippen molar-refractivity contribution in [3.05, 3.63) is 24.5 Å². The molecular weight excluding hydrogens is 429 g/mol. The topological polar surface area (TPSA) is 61.8 Å². The minimum atomic E-state index is 0. The number of likely N-dealkylation sites (tertiary alicyclic amines) is 1. The number of nitrogens with one attached hydrogen (secondary N) is 2. The fourth-order valence-corrected chi connectivity index (χ4v) is 3.12. The SMILES string of the molecule is CCNC(=NCCOc1cccnc1)NC1CCN(C2CC2)CC1.I. The Kier molecular flexibility index (Phi) is 8.74. The third kappa shape index (κ3) is 6.97. The van der Waals surface area contributed by atoms with Crippen molar-refractivity contribution < 1.29 is 4.74 Å². The van der Waals surface area contributed by atoms with Crippen LogP contribution in [0, 0.1) is 0 Å². The van der Waals surface area contributed by atoms with Gasteiger partial charge in [0, 0.05) is 37.9 Å². The highest BCUT2D eigenvalue weighted by atomic mass is 127. The first-order chi connectivity index (χ1) is 11.8. The van der Waals surface area contributed by atoms with E-state index in [2.05, 4.69) is 32.4 Å². The Morgan fingerprint density at radius 2 is 2.12 bits per heavy atom. The maximum absolute atomic E-state index is 5.64. The normalized spacial score (nSPS) is 19.2. The van der Waals surface area contributed by atoms with Crippen LogP contribution in [0.1, 0.15) is 32.6 Å². The van der Waals surface area contributed by atoms with Crippen LogP contribution in [0.3, 0.4) is 0 Å². The number of aliphatic imine (C=N–C) groups is 1. The lowest BCUT2D eigenvalue weighted by Crippen LogP contribution is -2.49. The average molecular weight is 459 g/mol. The molecule has 2 fully saturated rings. The van der Waals surface area contributed by atoms with E-state index in [4.69, 9.17) is 4.74 Å². The van der Waals surface area contributed by atoms with Gasteiger partial charge in [-0.2, -0.15) is 0 Å². The van der Waals surface area contributed by atoms with Crippen molar-refractivity contribution >= 4 is 29.9 Å². The number of nitrogens with zero attached hydrogens (tertiary/aromatic N) is 3. The molecular formula is C18H30IN5O. The largest absolute Gasteiger partial charge is 0.490 e. The molecule has 0 spiro atoms. The van der Waals surface area contributed by atoms with Crippen molar-refractivity contribution in [2.45, 2.75) is 44.7 Å². The summed E-state index contributed by atoms with van der Waals surface area (Å²) >= 11 is 0. The molecule has 1 saturated heterocycles.